The lowest BCUT2D eigenvalue weighted by Gasteiger charge is -2.11. The molecule has 1 aliphatic carbocycles. The first-order valence-corrected chi connectivity index (χ1v) is 11.4. The molecule has 2 heterocycles. The van der Waals surface area contributed by atoms with Crippen LogP contribution in [0.25, 0.3) is 23.1 Å². The zero-order chi connectivity index (χ0) is 22.1. The molecule has 4 aromatic rings. The Bertz CT molecular complexity index is 1350. The van der Waals surface area contributed by atoms with Crippen molar-refractivity contribution in [3.8, 4) is 0 Å². The summed E-state index contributed by atoms with van der Waals surface area (Å²) >= 11 is 1.40. The van der Waals surface area contributed by atoms with Gasteiger partial charge in [-0.05, 0) is 66.6 Å². The molecule has 32 heavy (non-hydrogen) atoms. The summed E-state index contributed by atoms with van der Waals surface area (Å²) in [6.45, 7) is 1.91. The molecule has 0 unspecified atom stereocenters. The maximum atomic E-state index is 12.9. The van der Waals surface area contributed by atoms with Gasteiger partial charge in [-0.1, -0.05) is 30.3 Å². The molecule has 0 radical (unpaired) electrons. The first kappa shape index (κ1) is 20.2. The van der Waals surface area contributed by atoms with Gasteiger partial charge in [0.15, 0.2) is 0 Å². The van der Waals surface area contributed by atoms with Crippen LogP contribution in [0, 0.1) is 6.92 Å². The van der Waals surface area contributed by atoms with Crippen LogP contribution in [0.1, 0.15) is 49.7 Å². The van der Waals surface area contributed by atoms with Gasteiger partial charge in [0, 0.05) is 22.7 Å². The van der Waals surface area contributed by atoms with Gasteiger partial charge in [0.05, 0.1) is 16.1 Å². The smallest absolute Gasteiger partial charge is 0.266 e. The fourth-order valence-corrected chi connectivity index (χ4v) is 4.33. The van der Waals surface area contributed by atoms with Gasteiger partial charge in [0.1, 0.15) is 0 Å². The largest absolute Gasteiger partial charge is 0.349 e. The molecule has 6 nitrogen and oxygen atoms in total. The minimum Gasteiger partial charge on any atom is -0.349 e. The average molecular weight is 443 g/mol. The van der Waals surface area contributed by atoms with E-state index in [1.807, 2.05) is 60.9 Å². The number of carbonyl (C=O) groups excluding carboxylic acids is 2. The summed E-state index contributed by atoms with van der Waals surface area (Å²) in [6, 6.07) is 15.5. The number of nitrogens with zero attached hydrogens (tertiary/aromatic N) is 1. The Morgan fingerprint density at radius 2 is 1.94 bits per heavy atom. The highest BCUT2D eigenvalue weighted by Crippen LogP contribution is 2.26. The van der Waals surface area contributed by atoms with E-state index in [2.05, 4.69) is 20.8 Å². The molecular weight excluding hydrogens is 420 g/mol. The molecule has 7 heteroatoms. The molecule has 0 bridgehead atoms. The summed E-state index contributed by atoms with van der Waals surface area (Å²) in [5, 5.41) is 16.3. The number of aromatic amines is 1. The predicted molar refractivity (Wildman–Crippen MR) is 129 cm³/mol. The molecule has 160 valence electrons. The highest BCUT2D eigenvalue weighted by Gasteiger charge is 2.24. The van der Waals surface area contributed by atoms with Crippen molar-refractivity contribution in [1.29, 1.82) is 0 Å². The first-order chi connectivity index (χ1) is 15.6. The summed E-state index contributed by atoms with van der Waals surface area (Å²) in [7, 11) is 0. The van der Waals surface area contributed by atoms with Gasteiger partial charge in [-0.2, -0.15) is 5.10 Å². The van der Waals surface area contributed by atoms with Gasteiger partial charge in [-0.15, -0.1) is 11.3 Å². The quantitative estimate of drug-likeness (QED) is 0.381. The highest BCUT2D eigenvalue weighted by molar-refractivity contribution is 7.12. The topological polar surface area (TPSA) is 86.9 Å². The number of benzene rings is 2. The second-order valence-corrected chi connectivity index (χ2v) is 8.84. The van der Waals surface area contributed by atoms with Crippen molar-refractivity contribution in [3.63, 3.8) is 0 Å². The lowest BCUT2D eigenvalue weighted by molar-refractivity contribution is 0.0949. The fourth-order valence-electron chi connectivity index (χ4n) is 3.51. The van der Waals surface area contributed by atoms with Crippen LogP contribution in [0.3, 0.4) is 0 Å². The third-order valence-electron chi connectivity index (χ3n) is 5.47. The fraction of sp³-hybridized carbons (Fsp3) is 0.160. The van der Waals surface area contributed by atoms with E-state index in [1.165, 1.54) is 11.3 Å². The predicted octanol–water partition coefficient (Wildman–Crippen LogP) is 5.25. The summed E-state index contributed by atoms with van der Waals surface area (Å²) in [4.78, 5) is 26.1. The van der Waals surface area contributed by atoms with Crippen molar-refractivity contribution in [3.05, 3.63) is 81.2 Å². The van der Waals surface area contributed by atoms with E-state index in [0.717, 1.165) is 40.6 Å². The van der Waals surface area contributed by atoms with E-state index in [4.69, 9.17) is 0 Å². The van der Waals surface area contributed by atoms with Crippen LogP contribution < -0.4 is 10.6 Å². The van der Waals surface area contributed by atoms with Gasteiger partial charge in [-0.25, -0.2) is 0 Å². The van der Waals surface area contributed by atoms with Crippen LogP contribution in [0.2, 0.25) is 0 Å². The number of rotatable bonds is 6. The lowest BCUT2D eigenvalue weighted by Crippen LogP contribution is -2.25. The van der Waals surface area contributed by atoms with E-state index < -0.39 is 0 Å². The number of fused-ring (bicyclic) bond motifs is 1. The second-order valence-electron chi connectivity index (χ2n) is 7.92. The molecule has 5 rings (SSSR count). The van der Waals surface area contributed by atoms with Crippen molar-refractivity contribution in [2.24, 2.45) is 0 Å². The monoisotopic (exact) mass is 442 g/mol. The van der Waals surface area contributed by atoms with Crippen molar-refractivity contribution in [1.82, 2.24) is 15.5 Å². The van der Waals surface area contributed by atoms with E-state index in [1.54, 1.807) is 12.1 Å². The first-order valence-electron chi connectivity index (χ1n) is 10.5. The molecule has 0 spiro atoms. The van der Waals surface area contributed by atoms with E-state index in [0.29, 0.717) is 16.1 Å². The molecule has 2 amide bonds. The zero-order valence-corrected chi connectivity index (χ0v) is 18.3. The van der Waals surface area contributed by atoms with Gasteiger partial charge in [0.25, 0.3) is 11.8 Å². The Morgan fingerprint density at radius 3 is 2.72 bits per heavy atom. The van der Waals surface area contributed by atoms with Crippen molar-refractivity contribution in [2.75, 3.05) is 5.32 Å². The number of anilines is 1. The zero-order valence-electron chi connectivity index (χ0n) is 17.5. The maximum absolute atomic E-state index is 12.9. The van der Waals surface area contributed by atoms with Crippen LogP contribution >= 0.6 is 11.3 Å². The molecule has 0 atom stereocenters. The maximum Gasteiger partial charge on any atom is 0.266 e. The molecule has 0 aliphatic heterocycles. The number of amides is 2. The molecule has 3 N–H and O–H groups in total. The second kappa shape index (κ2) is 8.43. The minimum atomic E-state index is -0.183. The molecular formula is C25H22N4O2S. The van der Waals surface area contributed by atoms with Gasteiger partial charge < -0.3 is 10.6 Å². The number of thiophene rings is 1. The SMILES string of the molecule is Cc1ccsc1C(=O)Nc1cc(C(=O)NC2CC2)ccc1/C=C/c1n[nH]c2ccccc12. The third kappa shape index (κ3) is 4.20. The number of nitrogens with one attached hydrogen (secondary N) is 3. The average Bonchev–Trinajstić information content (AvgIpc) is 3.35. The minimum absolute atomic E-state index is 0.121. The summed E-state index contributed by atoms with van der Waals surface area (Å²) in [5.41, 5.74) is 4.60. The number of hydrogen-bond acceptors (Lipinski definition) is 4. The van der Waals surface area contributed by atoms with Crippen LogP contribution in [0.4, 0.5) is 5.69 Å². The summed E-state index contributed by atoms with van der Waals surface area (Å²) < 4.78 is 0. The van der Waals surface area contributed by atoms with Gasteiger partial charge >= 0.3 is 0 Å². The van der Waals surface area contributed by atoms with E-state index in [-0.39, 0.29) is 17.9 Å². The molecule has 2 aromatic heterocycles. The molecule has 1 fully saturated rings. The van der Waals surface area contributed by atoms with E-state index >= 15 is 0 Å². The normalized spacial score (nSPS) is 13.5. The highest BCUT2D eigenvalue weighted by atomic mass is 32.1. The number of H-pyrrole nitrogens is 1. The Kier molecular flexibility index (Phi) is 5.33. The molecule has 1 aliphatic rings. The van der Waals surface area contributed by atoms with E-state index in [9.17, 15) is 9.59 Å². The number of para-hydroxylation sites is 1. The molecule has 0 saturated heterocycles. The number of carbonyl (C=O) groups is 2. The van der Waals surface area contributed by atoms with Gasteiger partial charge in [0.2, 0.25) is 0 Å². The van der Waals surface area contributed by atoms with Crippen LogP contribution in [-0.2, 0) is 0 Å². The van der Waals surface area contributed by atoms with Crippen molar-refractivity contribution >= 4 is 51.9 Å². The number of hydrogen-bond donors (Lipinski definition) is 3. The summed E-state index contributed by atoms with van der Waals surface area (Å²) in [5.74, 6) is -0.304. The molecule has 1 saturated carbocycles. The van der Waals surface area contributed by atoms with Crippen molar-refractivity contribution < 1.29 is 9.59 Å². The Hall–Kier alpha value is -3.71. The Balaban J connectivity index is 1.47. The standard InChI is InChI=1S/C25H22N4O2S/c1-15-12-13-32-23(15)25(31)27-22-14-17(24(30)26-18-9-10-18)7-6-16(22)8-11-21-19-4-2-3-5-20(19)28-29-21/h2-8,11-14,18H,9-10H2,1H3,(H,26,30)(H,27,31)(H,28,29)/b11-8+. The lowest BCUT2D eigenvalue weighted by atomic mass is 10.1. The van der Waals surface area contributed by atoms with Crippen LogP contribution in [0.15, 0.2) is 53.9 Å². The summed E-state index contributed by atoms with van der Waals surface area (Å²) in [6.07, 6.45) is 5.85. The van der Waals surface area contributed by atoms with Crippen LogP contribution in [0.5, 0.6) is 0 Å². The van der Waals surface area contributed by atoms with Crippen molar-refractivity contribution in [2.45, 2.75) is 25.8 Å². The number of aromatic nitrogens is 2. The Labute approximate surface area is 189 Å². The number of aryl methyl sites for hydroxylation is 1. The third-order valence-corrected chi connectivity index (χ3v) is 6.48. The molecule has 2 aromatic carbocycles. The Morgan fingerprint density at radius 1 is 1.09 bits per heavy atom. The van der Waals surface area contributed by atoms with Crippen LogP contribution in [-0.4, -0.2) is 28.1 Å². The van der Waals surface area contributed by atoms with Gasteiger partial charge in [-0.3, -0.25) is 14.7 Å².